The van der Waals surface area contributed by atoms with Gasteiger partial charge in [0, 0.05) is 31.1 Å². The van der Waals surface area contributed by atoms with E-state index in [1.807, 2.05) is 11.8 Å². The molecule has 2 aliphatic heterocycles. The van der Waals surface area contributed by atoms with Gasteiger partial charge in [-0.3, -0.25) is 4.79 Å². The van der Waals surface area contributed by atoms with Gasteiger partial charge in [0.2, 0.25) is 0 Å². The first kappa shape index (κ1) is 13.5. The number of hydrogen-bond donors (Lipinski definition) is 2. The number of amides is 3. The van der Waals surface area contributed by atoms with E-state index in [1.54, 1.807) is 9.80 Å². The van der Waals surface area contributed by atoms with Crippen molar-refractivity contribution in [2.45, 2.75) is 18.4 Å². The Morgan fingerprint density at radius 2 is 1.83 bits per heavy atom. The van der Waals surface area contributed by atoms with Crippen LogP contribution in [0.1, 0.15) is 12.8 Å². The maximum absolute atomic E-state index is 12.2. The highest BCUT2D eigenvalue weighted by Crippen LogP contribution is 2.22. The van der Waals surface area contributed by atoms with Gasteiger partial charge < -0.3 is 20.6 Å². The van der Waals surface area contributed by atoms with E-state index in [0.29, 0.717) is 19.4 Å². The molecule has 3 N–H and O–H groups in total. The molecule has 2 heterocycles. The third-order valence-corrected chi connectivity index (χ3v) is 4.42. The van der Waals surface area contributed by atoms with Crippen LogP contribution in [0.15, 0.2) is 0 Å². The number of carbonyl (C=O) groups is 2. The van der Waals surface area contributed by atoms with Crippen molar-refractivity contribution in [3.05, 3.63) is 0 Å². The Morgan fingerprint density at radius 1 is 1.17 bits per heavy atom. The molecule has 0 bridgehead atoms. The second-order valence-corrected chi connectivity index (χ2v) is 6.03. The van der Waals surface area contributed by atoms with E-state index in [9.17, 15) is 14.7 Å². The number of thioether (sulfide) groups is 1. The Labute approximate surface area is 110 Å². The summed E-state index contributed by atoms with van der Waals surface area (Å²) in [6, 6.07) is -0.0883. The molecule has 2 saturated heterocycles. The van der Waals surface area contributed by atoms with Crippen LogP contribution in [0.25, 0.3) is 0 Å². The van der Waals surface area contributed by atoms with E-state index in [2.05, 4.69) is 0 Å². The van der Waals surface area contributed by atoms with Crippen molar-refractivity contribution in [1.82, 2.24) is 9.80 Å². The van der Waals surface area contributed by atoms with Crippen molar-refractivity contribution in [2.24, 2.45) is 5.73 Å². The van der Waals surface area contributed by atoms with Crippen LogP contribution in [0.4, 0.5) is 4.79 Å². The summed E-state index contributed by atoms with van der Waals surface area (Å²) in [4.78, 5) is 26.8. The van der Waals surface area contributed by atoms with Gasteiger partial charge in [-0.25, -0.2) is 4.79 Å². The molecule has 7 heteroatoms. The summed E-state index contributed by atoms with van der Waals surface area (Å²) < 4.78 is 0. The van der Waals surface area contributed by atoms with Crippen LogP contribution in [-0.2, 0) is 4.79 Å². The first-order valence-electron chi connectivity index (χ1n) is 6.17. The third kappa shape index (κ3) is 2.72. The lowest BCUT2D eigenvalue weighted by molar-refractivity contribution is -0.140. The molecule has 1 atom stereocenters. The topological polar surface area (TPSA) is 86.9 Å². The molecule has 2 aliphatic rings. The van der Waals surface area contributed by atoms with Gasteiger partial charge in [-0.15, -0.1) is 0 Å². The van der Waals surface area contributed by atoms with Crippen LogP contribution in [0.2, 0.25) is 0 Å². The van der Waals surface area contributed by atoms with Crippen LogP contribution in [-0.4, -0.2) is 70.1 Å². The predicted octanol–water partition coefficient (Wildman–Crippen LogP) is -0.533. The van der Waals surface area contributed by atoms with Crippen molar-refractivity contribution in [3.8, 4) is 0 Å². The number of piperidine rings is 1. The lowest BCUT2D eigenvalue weighted by Gasteiger charge is -2.40. The van der Waals surface area contributed by atoms with Gasteiger partial charge in [-0.2, -0.15) is 11.8 Å². The summed E-state index contributed by atoms with van der Waals surface area (Å²) in [6.07, 6.45) is 0.940. The van der Waals surface area contributed by atoms with Gasteiger partial charge in [0.25, 0.3) is 5.91 Å². The number of nitrogens with two attached hydrogens (primary N) is 1. The van der Waals surface area contributed by atoms with E-state index in [-0.39, 0.29) is 12.6 Å². The van der Waals surface area contributed by atoms with Crippen molar-refractivity contribution < 1.29 is 14.7 Å². The molecule has 0 aromatic carbocycles. The fraction of sp³-hybridized carbons (Fsp3) is 0.818. The number of likely N-dealkylation sites (tertiary alicyclic amines) is 1. The van der Waals surface area contributed by atoms with Crippen LogP contribution < -0.4 is 5.73 Å². The number of hydrogen-bond acceptors (Lipinski definition) is 4. The zero-order valence-corrected chi connectivity index (χ0v) is 11.1. The van der Waals surface area contributed by atoms with Crippen molar-refractivity contribution in [1.29, 1.82) is 0 Å². The van der Waals surface area contributed by atoms with Gasteiger partial charge in [0.1, 0.15) is 0 Å². The minimum absolute atomic E-state index is 0.0187. The van der Waals surface area contributed by atoms with Crippen molar-refractivity contribution >= 4 is 23.7 Å². The highest BCUT2D eigenvalue weighted by atomic mass is 32.2. The molecule has 18 heavy (non-hydrogen) atoms. The molecule has 0 aliphatic carbocycles. The van der Waals surface area contributed by atoms with Crippen molar-refractivity contribution in [3.63, 3.8) is 0 Å². The van der Waals surface area contributed by atoms with E-state index in [1.165, 1.54) is 0 Å². The van der Waals surface area contributed by atoms with E-state index < -0.39 is 11.5 Å². The molecule has 3 amide bonds. The lowest BCUT2D eigenvalue weighted by atomic mass is 9.92. The second kappa shape index (κ2) is 5.36. The normalized spacial score (nSPS) is 29.2. The average Bonchev–Trinajstić information content (AvgIpc) is 2.39. The minimum atomic E-state index is -1.56. The standard InChI is InChI=1S/C11H19N3O3S/c12-9(15)11(17)2-1-3-14(8-11)10(16)13-4-6-18-7-5-13/h17H,1-8H2,(H2,12,15)/t11-/m0/s1. The quantitative estimate of drug-likeness (QED) is 0.672. The summed E-state index contributed by atoms with van der Waals surface area (Å²) in [5.41, 5.74) is 3.64. The summed E-state index contributed by atoms with van der Waals surface area (Å²) >= 11 is 1.83. The number of aliphatic hydroxyl groups is 1. The van der Waals surface area contributed by atoms with E-state index in [4.69, 9.17) is 5.73 Å². The number of primary amides is 1. The van der Waals surface area contributed by atoms with E-state index in [0.717, 1.165) is 24.6 Å². The SMILES string of the molecule is NC(=O)[C@]1(O)CCCN(C(=O)N2CCSCC2)C1. The maximum atomic E-state index is 12.2. The molecule has 0 aromatic rings. The molecule has 102 valence electrons. The molecule has 0 aromatic heterocycles. The minimum Gasteiger partial charge on any atom is -0.378 e. The van der Waals surface area contributed by atoms with Crippen LogP contribution in [0.5, 0.6) is 0 Å². The summed E-state index contributed by atoms with van der Waals surface area (Å²) in [6.45, 7) is 2.06. The molecular weight excluding hydrogens is 254 g/mol. The zero-order valence-electron chi connectivity index (χ0n) is 10.3. The number of β-amino-alcohol motifs (C(OH)–C–C–N with tert-alkyl or cyclic N) is 1. The zero-order chi connectivity index (χ0) is 13.2. The Hall–Kier alpha value is -0.950. The monoisotopic (exact) mass is 273 g/mol. The number of urea groups is 1. The summed E-state index contributed by atoms with van der Waals surface area (Å²) in [7, 11) is 0. The third-order valence-electron chi connectivity index (χ3n) is 3.48. The van der Waals surface area contributed by atoms with Crippen LogP contribution in [0, 0.1) is 0 Å². The van der Waals surface area contributed by atoms with Gasteiger partial charge in [0.05, 0.1) is 6.54 Å². The Kier molecular flexibility index (Phi) is 4.01. The molecule has 0 radical (unpaired) electrons. The van der Waals surface area contributed by atoms with Crippen LogP contribution >= 0.6 is 11.8 Å². The lowest BCUT2D eigenvalue weighted by Crippen LogP contribution is -2.59. The van der Waals surface area contributed by atoms with Gasteiger partial charge in [-0.1, -0.05) is 0 Å². The smallest absolute Gasteiger partial charge is 0.320 e. The average molecular weight is 273 g/mol. The molecule has 2 rings (SSSR count). The molecule has 6 nitrogen and oxygen atoms in total. The van der Waals surface area contributed by atoms with Gasteiger partial charge >= 0.3 is 6.03 Å². The van der Waals surface area contributed by atoms with Gasteiger partial charge in [-0.05, 0) is 12.8 Å². The van der Waals surface area contributed by atoms with Crippen LogP contribution in [0.3, 0.4) is 0 Å². The highest BCUT2D eigenvalue weighted by molar-refractivity contribution is 7.99. The number of carbonyl (C=O) groups excluding carboxylic acids is 2. The second-order valence-electron chi connectivity index (χ2n) is 4.80. The largest absolute Gasteiger partial charge is 0.378 e. The molecule has 0 unspecified atom stereocenters. The Bertz CT molecular complexity index is 346. The molecular formula is C11H19N3O3S. The summed E-state index contributed by atoms with van der Waals surface area (Å²) in [5.74, 6) is 1.15. The van der Waals surface area contributed by atoms with Crippen molar-refractivity contribution in [2.75, 3.05) is 37.7 Å². The fourth-order valence-electron chi connectivity index (χ4n) is 2.36. The predicted molar refractivity (Wildman–Crippen MR) is 69.2 cm³/mol. The summed E-state index contributed by atoms with van der Waals surface area (Å²) in [5, 5.41) is 10.1. The molecule has 0 spiro atoms. The fourth-order valence-corrected chi connectivity index (χ4v) is 3.26. The first-order chi connectivity index (χ1) is 8.53. The van der Waals surface area contributed by atoms with E-state index >= 15 is 0 Å². The highest BCUT2D eigenvalue weighted by Gasteiger charge is 2.41. The number of rotatable bonds is 1. The maximum Gasteiger partial charge on any atom is 0.320 e. The van der Waals surface area contributed by atoms with Gasteiger partial charge in [0.15, 0.2) is 5.60 Å². The molecule has 0 saturated carbocycles. The first-order valence-corrected chi connectivity index (χ1v) is 7.32. The Morgan fingerprint density at radius 3 is 2.44 bits per heavy atom. The number of nitrogens with zero attached hydrogens (tertiary/aromatic N) is 2. The molecule has 2 fully saturated rings. The Balaban J connectivity index is 1.99.